The number of ether oxygens (including phenoxy) is 1. The normalized spacial score (nSPS) is 9.48. The molecule has 6 heteroatoms. The summed E-state index contributed by atoms with van der Waals surface area (Å²) in [5, 5.41) is 20.9. The summed E-state index contributed by atoms with van der Waals surface area (Å²) in [5.74, 6) is 0.677. The molecule has 0 saturated heterocycles. The number of nitrogens with zero attached hydrogens (tertiary/aromatic N) is 3. The summed E-state index contributed by atoms with van der Waals surface area (Å²) in [4.78, 5) is 4.23. The fraction of sp³-hybridized carbons (Fsp3) is 0.133. The molecule has 0 aliphatic carbocycles. The van der Waals surface area contributed by atoms with Crippen LogP contribution < -0.4 is 15.8 Å². The molecule has 1 aromatic carbocycles. The number of pyridine rings is 1. The molecule has 0 fully saturated rings. The second kappa shape index (κ2) is 6.27. The number of hydrogen-bond donors (Lipinski definition) is 2. The van der Waals surface area contributed by atoms with Gasteiger partial charge in [-0.1, -0.05) is 0 Å². The van der Waals surface area contributed by atoms with Crippen molar-refractivity contribution in [3.8, 4) is 18.0 Å². The van der Waals surface area contributed by atoms with Crippen LogP contribution in [-0.4, -0.2) is 11.6 Å². The van der Waals surface area contributed by atoms with Crippen molar-refractivity contribution in [3.63, 3.8) is 0 Å². The van der Waals surface area contributed by atoms with E-state index in [-0.39, 0.29) is 11.4 Å². The molecule has 2 aromatic rings. The van der Waals surface area contributed by atoms with E-state index in [9.17, 15) is 0 Å². The van der Waals surface area contributed by atoms with E-state index in [1.165, 1.54) is 0 Å². The van der Waals surface area contributed by atoms with Gasteiger partial charge in [0.25, 0.3) is 0 Å². The first kappa shape index (κ1) is 14.2. The zero-order valence-corrected chi connectivity index (χ0v) is 11.4. The highest BCUT2D eigenvalue weighted by Gasteiger charge is 2.11. The predicted octanol–water partition coefficient (Wildman–Crippen LogP) is 2.55. The lowest BCUT2D eigenvalue weighted by molar-refractivity contribution is 0.326. The molecular weight excluding hydrogens is 266 g/mol. The van der Waals surface area contributed by atoms with Gasteiger partial charge in [0, 0.05) is 11.8 Å². The molecule has 0 amide bonds. The quantitative estimate of drug-likeness (QED) is 0.890. The van der Waals surface area contributed by atoms with Crippen molar-refractivity contribution in [1.29, 1.82) is 10.5 Å². The highest BCUT2D eigenvalue weighted by Crippen LogP contribution is 2.26. The van der Waals surface area contributed by atoms with Gasteiger partial charge >= 0.3 is 0 Å². The summed E-state index contributed by atoms with van der Waals surface area (Å²) >= 11 is 0. The number of rotatable bonds is 4. The lowest BCUT2D eigenvalue weighted by atomic mass is 10.2. The largest absolute Gasteiger partial charge is 0.477 e. The number of nitrogen functional groups attached to an aromatic ring is 1. The van der Waals surface area contributed by atoms with Crippen molar-refractivity contribution < 1.29 is 4.74 Å². The topological polar surface area (TPSA) is 108 Å². The van der Waals surface area contributed by atoms with Crippen molar-refractivity contribution in [3.05, 3.63) is 41.5 Å². The highest BCUT2D eigenvalue weighted by molar-refractivity contribution is 5.67. The van der Waals surface area contributed by atoms with Gasteiger partial charge in [-0.05, 0) is 31.2 Å². The smallest absolute Gasteiger partial charge is 0.235 e. The van der Waals surface area contributed by atoms with Crippen LogP contribution in [0.5, 0.6) is 5.88 Å². The van der Waals surface area contributed by atoms with Crippen molar-refractivity contribution in [1.82, 2.24) is 4.98 Å². The van der Waals surface area contributed by atoms with Crippen LogP contribution in [0.1, 0.15) is 18.1 Å². The van der Waals surface area contributed by atoms with E-state index in [1.807, 2.05) is 12.1 Å². The van der Waals surface area contributed by atoms with Crippen molar-refractivity contribution in [2.75, 3.05) is 17.7 Å². The van der Waals surface area contributed by atoms with Gasteiger partial charge < -0.3 is 15.8 Å². The SMILES string of the molecule is CCOc1nc(Nc2ccc(C#N)cc2)cc(N)c1C#N. The minimum Gasteiger partial charge on any atom is -0.477 e. The molecule has 0 saturated carbocycles. The first-order valence-corrected chi connectivity index (χ1v) is 6.28. The third-order valence-corrected chi connectivity index (χ3v) is 2.70. The highest BCUT2D eigenvalue weighted by atomic mass is 16.5. The number of hydrogen-bond acceptors (Lipinski definition) is 6. The number of aromatic nitrogens is 1. The van der Waals surface area contributed by atoms with Crippen LogP contribution in [0.3, 0.4) is 0 Å². The summed E-state index contributed by atoms with van der Waals surface area (Å²) in [7, 11) is 0. The van der Waals surface area contributed by atoms with Gasteiger partial charge in [-0.3, -0.25) is 0 Å². The number of anilines is 3. The van der Waals surface area contributed by atoms with Gasteiger partial charge in [0.05, 0.1) is 23.9 Å². The Kier molecular flexibility index (Phi) is 4.23. The molecule has 0 radical (unpaired) electrons. The molecule has 0 aliphatic heterocycles. The lowest BCUT2D eigenvalue weighted by Gasteiger charge is -2.11. The van der Waals surface area contributed by atoms with Gasteiger partial charge in [0.1, 0.15) is 17.5 Å². The van der Waals surface area contributed by atoms with Crippen molar-refractivity contribution in [2.45, 2.75) is 6.92 Å². The predicted molar refractivity (Wildman–Crippen MR) is 79.0 cm³/mol. The minimum atomic E-state index is 0.205. The Morgan fingerprint density at radius 1 is 1.24 bits per heavy atom. The Labute approximate surface area is 122 Å². The van der Waals surface area contributed by atoms with Gasteiger partial charge in [-0.25, -0.2) is 0 Å². The fourth-order valence-electron chi connectivity index (χ4n) is 1.73. The van der Waals surface area contributed by atoms with Crippen LogP contribution in [-0.2, 0) is 0 Å². The Morgan fingerprint density at radius 2 is 1.95 bits per heavy atom. The van der Waals surface area contributed by atoms with E-state index >= 15 is 0 Å². The maximum absolute atomic E-state index is 9.06. The lowest BCUT2D eigenvalue weighted by Crippen LogP contribution is -2.04. The molecule has 0 unspecified atom stereocenters. The minimum absolute atomic E-state index is 0.205. The number of nitrogens with one attached hydrogen (secondary N) is 1. The third kappa shape index (κ3) is 3.20. The monoisotopic (exact) mass is 279 g/mol. The second-order valence-corrected chi connectivity index (χ2v) is 4.14. The van der Waals surface area contributed by atoms with Gasteiger partial charge in [-0.2, -0.15) is 15.5 Å². The van der Waals surface area contributed by atoms with E-state index in [1.54, 1.807) is 37.3 Å². The maximum Gasteiger partial charge on any atom is 0.235 e. The molecular formula is C15H13N5O. The number of nitriles is 2. The number of nitrogens with two attached hydrogens (primary N) is 1. The van der Waals surface area contributed by atoms with Gasteiger partial charge in [0.15, 0.2) is 0 Å². The molecule has 0 atom stereocenters. The molecule has 1 heterocycles. The molecule has 104 valence electrons. The van der Waals surface area contributed by atoms with E-state index in [0.717, 1.165) is 5.69 Å². The third-order valence-electron chi connectivity index (χ3n) is 2.70. The first-order valence-electron chi connectivity index (χ1n) is 6.28. The van der Waals surface area contributed by atoms with Gasteiger partial charge in [0.2, 0.25) is 5.88 Å². The molecule has 0 bridgehead atoms. The average molecular weight is 279 g/mol. The molecule has 6 nitrogen and oxygen atoms in total. The summed E-state index contributed by atoms with van der Waals surface area (Å²) in [6, 6.07) is 12.5. The molecule has 1 aromatic heterocycles. The Bertz CT molecular complexity index is 725. The zero-order valence-electron chi connectivity index (χ0n) is 11.4. The standard InChI is InChI=1S/C15H13N5O/c1-2-21-15-12(9-17)13(18)7-14(20-15)19-11-5-3-10(8-16)4-6-11/h3-7H,2H2,1H3,(H3,18,19,20). The molecule has 3 N–H and O–H groups in total. The molecule has 0 spiro atoms. The Balaban J connectivity index is 2.31. The summed E-state index contributed by atoms with van der Waals surface area (Å²) < 4.78 is 5.33. The van der Waals surface area contributed by atoms with E-state index < -0.39 is 0 Å². The van der Waals surface area contributed by atoms with E-state index in [2.05, 4.69) is 10.3 Å². The van der Waals surface area contributed by atoms with Crippen LogP contribution in [0.15, 0.2) is 30.3 Å². The molecule has 0 aliphatic rings. The van der Waals surface area contributed by atoms with E-state index in [4.69, 9.17) is 21.0 Å². The second-order valence-electron chi connectivity index (χ2n) is 4.14. The Morgan fingerprint density at radius 3 is 2.52 bits per heavy atom. The first-order chi connectivity index (χ1) is 10.2. The van der Waals surface area contributed by atoms with Crippen LogP contribution >= 0.6 is 0 Å². The van der Waals surface area contributed by atoms with Crippen LogP contribution in [0.4, 0.5) is 17.2 Å². The van der Waals surface area contributed by atoms with Crippen molar-refractivity contribution >= 4 is 17.2 Å². The summed E-state index contributed by atoms with van der Waals surface area (Å²) in [6.07, 6.45) is 0. The Hall–Kier alpha value is -3.25. The molecule has 2 rings (SSSR count). The zero-order chi connectivity index (χ0) is 15.2. The van der Waals surface area contributed by atoms with Crippen molar-refractivity contribution in [2.24, 2.45) is 0 Å². The van der Waals surface area contributed by atoms with Crippen LogP contribution in [0.2, 0.25) is 0 Å². The summed E-state index contributed by atoms with van der Waals surface area (Å²) in [5.41, 5.74) is 7.69. The van der Waals surface area contributed by atoms with Crippen LogP contribution in [0.25, 0.3) is 0 Å². The summed E-state index contributed by atoms with van der Waals surface area (Å²) in [6.45, 7) is 2.20. The maximum atomic E-state index is 9.06. The van der Waals surface area contributed by atoms with Gasteiger partial charge in [-0.15, -0.1) is 0 Å². The fourth-order valence-corrected chi connectivity index (χ4v) is 1.73. The average Bonchev–Trinajstić information content (AvgIpc) is 2.48. The number of benzene rings is 1. The van der Waals surface area contributed by atoms with Crippen LogP contribution in [0, 0.1) is 22.7 Å². The van der Waals surface area contributed by atoms with E-state index in [0.29, 0.717) is 23.7 Å². The molecule has 21 heavy (non-hydrogen) atoms.